The van der Waals surface area contributed by atoms with Gasteiger partial charge in [-0.3, -0.25) is 4.79 Å². The molecule has 0 aromatic heterocycles. The maximum atomic E-state index is 10.5. The fourth-order valence-corrected chi connectivity index (χ4v) is 1.69. The maximum absolute atomic E-state index is 10.5. The number of unbranched alkanes of at least 4 members (excludes halogenated alkanes) is 7. The van der Waals surface area contributed by atoms with Gasteiger partial charge < -0.3 is 4.74 Å². The van der Waals surface area contributed by atoms with Gasteiger partial charge in [-0.25, -0.2) is 0 Å². The topological polar surface area (TPSA) is 26.3 Å². The Morgan fingerprint density at radius 1 is 1.10 bits per heavy atom. The molecule has 2 nitrogen and oxygen atoms in total. The van der Waals surface area contributed by atoms with Crippen LogP contribution in [-0.4, -0.2) is 12.6 Å². The number of hydrogen-bond acceptors (Lipinski definition) is 2. The SMILES string of the molecule is CCCC=C=CC#CCCCCCCCCOC(C)=O. The van der Waals surface area contributed by atoms with E-state index in [1.807, 2.05) is 12.2 Å². The van der Waals surface area contributed by atoms with Gasteiger partial charge in [0.15, 0.2) is 0 Å². The molecule has 0 saturated heterocycles. The summed E-state index contributed by atoms with van der Waals surface area (Å²) in [6.07, 6.45) is 14.0. The number of carbonyl (C=O) groups is 1. The van der Waals surface area contributed by atoms with E-state index in [4.69, 9.17) is 4.74 Å². The van der Waals surface area contributed by atoms with E-state index in [0.717, 1.165) is 32.1 Å². The summed E-state index contributed by atoms with van der Waals surface area (Å²) in [5.74, 6) is 5.97. The summed E-state index contributed by atoms with van der Waals surface area (Å²) >= 11 is 0. The summed E-state index contributed by atoms with van der Waals surface area (Å²) in [5, 5.41) is 0. The van der Waals surface area contributed by atoms with Crippen LogP contribution >= 0.6 is 0 Å². The van der Waals surface area contributed by atoms with E-state index in [1.54, 1.807) is 0 Å². The van der Waals surface area contributed by atoms with Crippen LogP contribution in [0.3, 0.4) is 0 Å². The minimum Gasteiger partial charge on any atom is -0.466 e. The van der Waals surface area contributed by atoms with Gasteiger partial charge >= 0.3 is 5.97 Å². The zero-order valence-electron chi connectivity index (χ0n) is 13.0. The molecule has 0 radical (unpaired) electrons. The molecule has 0 aliphatic carbocycles. The second-order valence-electron chi connectivity index (χ2n) is 4.84. The quantitative estimate of drug-likeness (QED) is 0.248. The Labute approximate surface area is 124 Å². The van der Waals surface area contributed by atoms with Crippen LogP contribution in [0.4, 0.5) is 0 Å². The first-order valence-electron chi connectivity index (χ1n) is 7.78. The molecule has 0 fully saturated rings. The predicted molar refractivity (Wildman–Crippen MR) is 84.3 cm³/mol. The molecule has 0 heterocycles. The fourth-order valence-electron chi connectivity index (χ4n) is 1.69. The second kappa shape index (κ2) is 15.6. The molecule has 0 saturated carbocycles. The highest BCUT2D eigenvalue weighted by atomic mass is 16.5. The molecule has 0 amide bonds. The molecule has 112 valence electrons. The van der Waals surface area contributed by atoms with Crippen LogP contribution in [0.5, 0.6) is 0 Å². The zero-order chi connectivity index (χ0) is 14.9. The molecule has 0 bridgehead atoms. The number of hydrogen-bond donors (Lipinski definition) is 0. The Morgan fingerprint density at radius 2 is 1.80 bits per heavy atom. The third-order valence-corrected chi connectivity index (χ3v) is 2.81. The molecule has 0 aliphatic rings. The lowest BCUT2D eigenvalue weighted by Gasteiger charge is -2.01. The number of ether oxygens (including phenoxy) is 1. The average Bonchev–Trinajstić information content (AvgIpc) is 2.43. The average molecular weight is 276 g/mol. The smallest absolute Gasteiger partial charge is 0.302 e. The molecular formula is C18H28O2. The third kappa shape index (κ3) is 16.6. The van der Waals surface area contributed by atoms with Crippen molar-refractivity contribution < 1.29 is 9.53 Å². The van der Waals surface area contributed by atoms with Gasteiger partial charge in [0.1, 0.15) is 0 Å². The minimum atomic E-state index is -0.179. The molecule has 2 heteroatoms. The molecule has 0 aromatic rings. The molecule has 0 N–H and O–H groups in total. The Balaban J connectivity index is 3.26. The van der Waals surface area contributed by atoms with Crippen LogP contribution in [0.25, 0.3) is 0 Å². The van der Waals surface area contributed by atoms with Gasteiger partial charge in [0.25, 0.3) is 0 Å². The highest BCUT2D eigenvalue weighted by molar-refractivity contribution is 5.65. The van der Waals surface area contributed by atoms with E-state index in [-0.39, 0.29) is 5.97 Å². The van der Waals surface area contributed by atoms with Crippen molar-refractivity contribution in [1.29, 1.82) is 0 Å². The molecule has 0 aromatic carbocycles. The van der Waals surface area contributed by atoms with E-state index in [0.29, 0.717) is 6.61 Å². The van der Waals surface area contributed by atoms with Crippen LogP contribution < -0.4 is 0 Å². The van der Waals surface area contributed by atoms with Crippen LogP contribution in [0.2, 0.25) is 0 Å². The van der Waals surface area contributed by atoms with Crippen molar-refractivity contribution >= 4 is 5.97 Å². The highest BCUT2D eigenvalue weighted by Gasteiger charge is 1.93. The Kier molecular flexibility index (Phi) is 14.5. The first kappa shape index (κ1) is 18.6. The van der Waals surface area contributed by atoms with Crippen molar-refractivity contribution in [1.82, 2.24) is 0 Å². The fraction of sp³-hybridized carbons (Fsp3) is 0.667. The normalized spacial score (nSPS) is 9.10. The lowest BCUT2D eigenvalue weighted by Crippen LogP contribution is -1.99. The van der Waals surface area contributed by atoms with E-state index in [1.165, 1.54) is 32.6 Å². The number of allylic oxidation sites excluding steroid dienone is 1. The second-order valence-corrected chi connectivity index (χ2v) is 4.84. The molecule has 0 atom stereocenters. The summed E-state index contributed by atoms with van der Waals surface area (Å²) in [6.45, 7) is 4.18. The number of esters is 1. The molecule has 0 spiro atoms. The van der Waals surface area contributed by atoms with E-state index in [9.17, 15) is 4.79 Å². The van der Waals surface area contributed by atoms with Crippen molar-refractivity contribution in [2.45, 2.75) is 71.6 Å². The van der Waals surface area contributed by atoms with Crippen molar-refractivity contribution in [2.24, 2.45) is 0 Å². The maximum Gasteiger partial charge on any atom is 0.302 e. The Morgan fingerprint density at radius 3 is 2.50 bits per heavy atom. The number of carbonyl (C=O) groups excluding carboxylic acids is 1. The molecule has 20 heavy (non-hydrogen) atoms. The van der Waals surface area contributed by atoms with E-state index < -0.39 is 0 Å². The first-order chi connectivity index (χ1) is 9.77. The van der Waals surface area contributed by atoms with Gasteiger partial charge in [0.05, 0.1) is 6.61 Å². The summed E-state index contributed by atoms with van der Waals surface area (Å²) in [6, 6.07) is 0. The lowest BCUT2D eigenvalue weighted by molar-refractivity contribution is -0.141. The zero-order valence-corrected chi connectivity index (χ0v) is 13.0. The van der Waals surface area contributed by atoms with Gasteiger partial charge in [0.2, 0.25) is 0 Å². The first-order valence-corrected chi connectivity index (χ1v) is 7.78. The molecular weight excluding hydrogens is 248 g/mol. The molecule has 0 rings (SSSR count). The monoisotopic (exact) mass is 276 g/mol. The van der Waals surface area contributed by atoms with Gasteiger partial charge in [-0.05, 0) is 25.3 Å². The van der Waals surface area contributed by atoms with Crippen molar-refractivity contribution in [3.8, 4) is 11.8 Å². The summed E-state index contributed by atoms with van der Waals surface area (Å²) in [7, 11) is 0. The standard InChI is InChI=1S/C18H28O2/c1-3-4-5-6-7-8-9-10-11-12-13-14-15-16-17-20-18(2)19/h5,7H,3-4,10-17H2,1-2H3. The van der Waals surface area contributed by atoms with Crippen LogP contribution in [0.15, 0.2) is 17.9 Å². The summed E-state index contributed by atoms with van der Waals surface area (Å²) in [4.78, 5) is 10.5. The van der Waals surface area contributed by atoms with Crippen LogP contribution in [0.1, 0.15) is 71.6 Å². The van der Waals surface area contributed by atoms with Gasteiger partial charge in [-0.15, -0.1) is 5.73 Å². The summed E-state index contributed by atoms with van der Waals surface area (Å²) < 4.78 is 4.88. The van der Waals surface area contributed by atoms with Gasteiger partial charge in [-0.2, -0.15) is 0 Å². The lowest BCUT2D eigenvalue weighted by atomic mass is 10.1. The molecule has 0 aliphatic heterocycles. The largest absolute Gasteiger partial charge is 0.466 e. The molecule has 0 unspecified atom stereocenters. The van der Waals surface area contributed by atoms with Crippen LogP contribution in [0, 0.1) is 11.8 Å². The van der Waals surface area contributed by atoms with E-state index >= 15 is 0 Å². The summed E-state index contributed by atoms with van der Waals surface area (Å²) in [5.41, 5.74) is 3.07. The number of rotatable bonds is 10. The highest BCUT2D eigenvalue weighted by Crippen LogP contribution is 2.06. The Bertz CT molecular complexity index is 351. The van der Waals surface area contributed by atoms with Gasteiger partial charge in [0, 0.05) is 19.4 Å². The minimum absolute atomic E-state index is 0.179. The van der Waals surface area contributed by atoms with Gasteiger partial charge in [-0.1, -0.05) is 50.9 Å². The van der Waals surface area contributed by atoms with Crippen LogP contribution in [-0.2, 0) is 9.53 Å². The predicted octanol–water partition coefficient (Wildman–Crippen LogP) is 4.80. The van der Waals surface area contributed by atoms with E-state index in [2.05, 4.69) is 24.5 Å². The third-order valence-electron chi connectivity index (χ3n) is 2.81. The van der Waals surface area contributed by atoms with Crippen molar-refractivity contribution in [3.63, 3.8) is 0 Å². The van der Waals surface area contributed by atoms with Crippen molar-refractivity contribution in [2.75, 3.05) is 6.61 Å². The van der Waals surface area contributed by atoms with Crippen molar-refractivity contribution in [3.05, 3.63) is 17.9 Å². The Hall–Kier alpha value is -1.45.